The molecule has 0 bridgehead atoms. The maximum absolute atomic E-state index is 12.4. The average Bonchev–Trinajstić information content (AvgIpc) is 1.30. The summed E-state index contributed by atoms with van der Waals surface area (Å²) in [7, 11) is 0. The molecule has 0 saturated carbocycles. The molecule has 0 aromatic heterocycles. The minimum atomic E-state index is -1.03. The fourth-order valence-corrected chi connectivity index (χ4v) is 1.03. The molecule has 0 aliphatic rings. The van der Waals surface area contributed by atoms with Crippen molar-refractivity contribution in [1.82, 2.24) is 0 Å². The molecule has 44 valence electrons. The van der Waals surface area contributed by atoms with Crippen molar-refractivity contribution in [2.45, 2.75) is 25.8 Å². The van der Waals surface area contributed by atoms with Gasteiger partial charge < -0.3 is 0 Å². The summed E-state index contributed by atoms with van der Waals surface area (Å²) in [5, 5.41) is -1.03. The number of hydrogen-bond donors (Lipinski definition) is 0. The molecule has 0 nitrogen and oxygen atoms in total. The second-order valence-electron chi connectivity index (χ2n) is 1.80. The van der Waals surface area contributed by atoms with Crippen molar-refractivity contribution in [2.24, 2.45) is 0 Å². The zero-order valence-corrected chi connectivity index (χ0v) is 5.81. The van der Waals surface area contributed by atoms with Crippen molar-refractivity contribution in [3.63, 3.8) is 0 Å². The lowest BCUT2D eigenvalue weighted by Crippen LogP contribution is -2.04. The molecule has 0 aromatic rings. The van der Waals surface area contributed by atoms with Crippen molar-refractivity contribution in [3.05, 3.63) is 0 Å². The Morgan fingerprint density at radius 2 is 2.00 bits per heavy atom. The smallest absolute Gasteiger partial charge is 0.150 e. The Morgan fingerprint density at radius 1 is 1.57 bits per heavy atom. The molecule has 2 heteroatoms. The summed E-state index contributed by atoms with van der Waals surface area (Å²) in [6, 6.07) is 0. The van der Waals surface area contributed by atoms with E-state index in [2.05, 4.69) is 0 Å². The lowest BCUT2D eigenvalue weighted by Gasteiger charge is -2.09. The number of alkyl halides is 1. The van der Waals surface area contributed by atoms with Crippen molar-refractivity contribution in [3.8, 4) is 0 Å². The van der Waals surface area contributed by atoms with Gasteiger partial charge in [-0.05, 0) is 19.6 Å². The standard InChI is InChI=1S/C5H11FS/c1-4-7-5(2,3)6/h4H2,1-3H3. The molecule has 7 heavy (non-hydrogen) atoms. The Bertz CT molecular complexity index is 46.5. The SMILES string of the molecule is CCSC(C)(C)F. The Hall–Kier alpha value is 0.280. The third kappa shape index (κ3) is 6.28. The molecular weight excluding hydrogens is 111 g/mol. The predicted octanol–water partition coefficient (Wildman–Crippen LogP) is 2.45. The van der Waals surface area contributed by atoms with E-state index in [0.717, 1.165) is 5.75 Å². The monoisotopic (exact) mass is 122 g/mol. The Labute approximate surface area is 48.5 Å². The highest BCUT2D eigenvalue weighted by Gasteiger charge is 2.12. The van der Waals surface area contributed by atoms with Crippen molar-refractivity contribution >= 4 is 11.8 Å². The van der Waals surface area contributed by atoms with Crippen LogP contribution in [0.25, 0.3) is 0 Å². The summed E-state index contributed by atoms with van der Waals surface area (Å²) in [6.07, 6.45) is 0. The maximum atomic E-state index is 12.4. The van der Waals surface area contributed by atoms with E-state index < -0.39 is 5.00 Å². The van der Waals surface area contributed by atoms with Gasteiger partial charge in [0.1, 0.15) is 0 Å². The van der Waals surface area contributed by atoms with Crippen LogP contribution in [0.4, 0.5) is 4.39 Å². The lowest BCUT2D eigenvalue weighted by atomic mass is 10.5. The Balaban J connectivity index is 3.15. The van der Waals surface area contributed by atoms with Gasteiger partial charge in [-0.25, -0.2) is 4.39 Å². The molecule has 0 N–H and O–H groups in total. The first-order chi connectivity index (χ1) is 3.06. The van der Waals surface area contributed by atoms with Crippen LogP contribution < -0.4 is 0 Å². The van der Waals surface area contributed by atoms with E-state index in [0.29, 0.717) is 0 Å². The van der Waals surface area contributed by atoms with Crippen molar-refractivity contribution < 1.29 is 4.39 Å². The van der Waals surface area contributed by atoms with E-state index in [-0.39, 0.29) is 0 Å². The first-order valence-electron chi connectivity index (χ1n) is 2.39. The molecule has 0 spiro atoms. The maximum Gasteiger partial charge on any atom is 0.150 e. The molecule has 0 aromatic carbocycles. The van der Waals surface area contributed by atoms with Crippen LogP contribution in [-0.2, 0) is 0 Å². The van der Waals surface area contributed by atoms with Gasteiger partial charge in [0, 0.05) is 0 Å². The number of rotatable bonds is 2. The third-order valence-corrected chi connectivity index (χ3v) is 1.46. The molecule has 0 amide bonds. The summed E-state index contributed by atoms with van der Waals surface area (Å²) in [5.74, 6) is 0.851. The van der Waals surface area contributed by atoms with Crippen LogP contribution in [0, 0.1) is 0 Å². The van der Waals surface area contributed by atoms with Gasteiger partial charge >= 0.3 is 0 Å². The molecule has 0 heterocycles. The highest BCUT2D eigenvalue weighted by Crippen LogP contribution is 2.24. The predicted molar refractivity (Wildman–Crippen MR) is 33.3 cm³/mol. The summed E-state index contributed by atoms with van der Waals surface area (Å²) < 4.78 is 12.4. The van der Waals surface area contributed by atoms with Crippen LogP contribution in [0.1, 0.15) is 20.8 Å². The van der Waals surface area contributed by atoms with Gasteiger partial charge in [-0.3, -0.25) is 0 Å². The molecule has 0 unspecified atom stereocenters. The van der Waals surface area contributed by atoms with E-state index in [1.807, 2.05) is 6.92 Å². The van der Waals surface area contributed by atoms with Crippen molar-refractivity contribution in [2.75, 3.05) is 5.75 Å². The number of hydrogen-bond acceptors (Lipinski definition) is 1. The third-order valence-electron chi connectivity index (χ3n) is 0.488. The summed E-state index contributed by atoms with van der Waals surface area (Å²) in [4.78, 5) is 0. The zero-order chi connectivity index (χ0) is 5.91. The summed E-state index contributed by atoms with van der Waals surface area (Å²) >= 11 is 1.32. The van der Waals surface area contributed by atoms with Gasteiger partial charge in [0.2, 0.25) is 0 Å². The van der Waals surface area contributed by atoms with Gasteiger partial charge in [0.25, 0.3) is 0 Å². The molecule has 0 radical (unpaired) electrons. The normalized spacial score (nSPS) is 12.0. The topological polar surface area (TPSA) is 0 Å². The van der Waals surface area contributed by atoms with Crippen LogP contribution in [0.2, 0.25) is 0 Å². The van der Waals surface area contributed by atoms with Gasteiger partial charge in [-0.2, -0.15) is 0 Å². The fraction of sp³-hybridized carbons (Fsp3) is 1.00. The molecule has 0 aliphatic heterocycles. The molecule has 0 atom stereocenters. The first-order valence-corrected chi connectivity index (χ1v) is 3.37. The molecule has 0 aliphatic carbocycles. The van der Waals surface area contributed by atoms with Gasteiger partial charge in [-0.1, -0.05) is 6.92 Å². The summed E-state index contributed by atoms with van der Waals surface area (Å²) in [5.41, 5.74) is 0. The van der Waals surface area contributed by atoms with Gasteiger partial charge in [0.05, 0.1) is 0 Å². The van der Waals surface area contributed by atoms with E-state index >= 15 is 0 Å². The number of thioether (sulfide) groups is 1. The first kappa shape index (κ1) is 7.28. The molecule has 0 saturated heterocycles. The zero-order valence-electron chi connectivity index (χ0n) is 4.99. The van der Waals surface area contributed by atoms with E-state index in [9.17, 15) is 4.39 Å². The highest BCUT2D eigenvalue weighted by atomic mass is 32.2. The molecular formula is C5H11FS. The van der Waals surface area contributed by atoms with Crippen molar-refractivity contribution in [1.29, 1.82) is 0 Å². The van der Waals surface area contributed by atoms with E-state index in [1.54, 1.807) is 13.8 Å². The van der Waals surface area contributed by atoms with Crippen LogP contribution in [-0.4, -0.2) is 10.8 Å². The van der Waals surface area contributed by atoms with Crippen LogP contribution in [0.3, 0.4) is 0 Å². The minimum Gasteiger partial charge on any atom is -0.233 e. The van der Waals surface area contributed by atoms with E-state index in [1.165, 1.54) is 11.8 Å². The van der Waals surface area contributed by atoms with E-state index in [4.69, 9.17) is 0 Å². The Kier molecular flexibility index (Phi) is 2.66. The second kappa shape index (κ2) is 2.55. The Morgan fingerprint density at radius 3 is 2.00 bits per heavy atom. The quantitative estimate of drug-likeness (QED) is 0.542. The molecule has 0 fully saturated rings. The minimum absolute atomic E-state index is 0.851. The lowest BCUT2D eigenvalue weighted by molar-refractivity contribution is 0.346. The van der Waals surface area contributed by atoms with Gasteiger partial charge in [0.15, 0.2) is 5.00 Å². The molecule has 0 rings (SSSR count). The van der Waals surface area contributed by atoms with Crippen LogP contribution >= 0.6 is 11.8 Å². The van der Waals surface area contributed by atoms with Crippen LogP contribution in [0.5, 0.6) is 0 Å². The van der Waals surface area contributed by atoms with Gasteiger partial charge in [-0.15, -0.1) is 11.8 Å². The summed E-state index contributed by atoms with van der Waals surface area (Å²) in [6.45, 7) is 5.09. The fourth-order valence-electron chi connectivity index (χ4n) is 0.343. The van der Waals surface area contributed by atoms with Crippen LogP contribution in [0.15, 0.2) is 0 Å². The second-order valence-corrected chi connectivity index (χ2v) is 3.63. The average molecular weight is 122 g/mol. The number of halogens is 1. The largest absolute Gasteiger partial charge is 0.233 e. The highest BCUT2D eigenvalue weighted by molar-refractivity contribution is 8.00.